The quantitative estimate of drug-likeness (QED) is 0.636. The molecule has 1 rings (SSSR count). The van der Waals surface area contributed by atoms with E-state index in [1.807, 2.05) is 0 Å². The lowest BCUT2D eigenvalue weighted by molar-refractivity contribution is -0.133. The van der Waals surface area contributed by atoms with Gasteiger partial charge in [-0.15, -0.1) is 0 Å². The van der Waals surface area contributed by atoms with Crippen LogP contribution >= 0.6 is 15.9 Å². The van der Waals surface area contributed by atoms with E-state index < -0.39 is 29.6 Å². The summed E-state index contributed by atoms with van der Waals surface area (Å²) in [6.07, 6.45) is -0.143. The van der Waals surface area contributed by atoms with E-state index in [1.54, 1.807) is 0 Å². The molecule has 3 amide bonds. The SMILES string of the molecule is NC(=O)C(NC(=O)Cc1ccc(F)c(Br)c1)C(N)=O. The highest BCUT2D eigenvalue weighted by molar-refractivity contribution is 9.10. The third kappa shape index (κ3) is 4.32. The van der Waals surface area contributed by atoms with Crippen LogP contribution in [0.2, 0.25) is 0 Å². The normalized spacial score (nSPS) is 10.3. The van der Waals surface area contributed by atoms with E-state index in [0.29, 0.717) is 5.56 Å². The van der Waals surface area contributed by atoms with Gasteiger partial charge in [0.15, 0.2) is 6.04 Å². The molecule has 1 aromatic carbocycles. The first-order valence-corrected chi connectivity index (χ1v) is 5.92. The molecule has 19 heavy (non-hydrogen) atoms. The van der Waals surface area contributed by atoms with Gasteiger partial charge in [0.2, 0.25) is 17.7 Å². The lowest BCUT2D eigenvalue weighted by Gasteiger charge is -2.11. The Labute approximate surface area is 116 Å². The van der Waals surface area contributed by atoms with Crippen LogP contribution < -0.4 is 16.8 Å². The third-order valence-corrected chi connectivity index (χ3v) is 2.83. The van der Waals surface area contributed by atoms with Crippen molar-refractivity contribution in [2.75, 3.05) is 0 Å². The summed E-state index contributed by atoms with van der Waals surface area (Å²) in [5, 5.41) is 2.10. The number of primary amides is 2. The molecule has 102 valence electrons. The zero-order valence-corrected chi connectivity index (χ0v) is 11.2. The van der Waals surface area contributed by atoms with Crippen LogP contribution in [-0.4, -0.2) is 23.8 Å². The Hall–Kier alpha value is -1.96. The van der Waals surface area contributed by atoms with Crippen molar-refractivity contribution in [2.24, 2.45) is 11.5 Å². The van der Waals surface area contributed by atoms with Gasteiger partial charge in [-0.1, -0.05) is 6.07 Å². The molecular weight excluding hydrogens is 321 g/mol. The molecule has 0 unspecified atom stereocenters. The van der Waals surface area contributed by atoms with E-state index in [4.69, 9.17) is 11.5 Å². The van der Waals surface area contributed by atoms with E-state index in [9.17, 15) is 18.8 Å². The van der Waals surface area contributed by atoms with Crippen molar-refractivity contribution in [3.63, 3.8) is 0 Å². The van der Waals surface area contributed by atoms with Gasteiger partial charge in [-0.05, 0) is 33.6 Å². The summed E-state index contributed by atoms with van der Waals surface area (Å²) in [6.45, 7) is 0. The number of carbonyl (C=O) groups excluding carboxylic acids is 3. The molecule has 6 nitrogen and oxygen atoms in total. The fraction of sp³-hybridized carbons (Fsp3) is 0.182. The van der Waals surface area contributed by atoms with E-state index >= 15 is 0 Å². The third-order valence-electron chi connectivity index (χ3n) is 2.22. The molecule has 0 aliphatic carbocycles. The van der Waals surface area contributed by atoms with Crippen LogP contribution in [0.1, 0.15) is 5.56 Å². The lowest BCUT2D eigenvalue weighted by Crippen LogP contribution is -2.52. The number of nitrogens with two attached hydrogens (primary N) is 2. The van der Waals surface area contributed by atoms with E-state index in [1.165, 1.54) is 18.2 Å². The molecular formula is C11H11BrFN3O3. The monoisotopic (exact) mass is 331 g/mol. The molecule has 0 saturated carbocycles. The van der Waals surface area contributed by atoms with E-state index in [2.05, 4.69) is 21.2 Å². The maximum atomic E-state index is 13.0. The summed E-state index contributed by atoms with van der Waals surface area (Å²) in [5.41, 5.74) is 10.3. The summed E-state index contributed by atoms with van der Waals surface area (Å²) in [7, 11) is 0. The van der Waals surface area contributed by atoms with Crippen LogP contribution in [0.4, 0.5) is 4.39 Å². The highest BCUT2D eigenvalue weighted by Gasteiger charge is 2.23. The molecule has 0 atom stereocenters. The summed E-state index contributed by atoms with van der Waals surface area (Å²) in [6, 6.07) is 2.45. The molecule has 0 saturated heterocycles. The maximum absolute atomic E-state index is 13.0. The minimum Gasteiger partial charge on any atom is -0.367 e. The standard InChI is InChI=1S/C11H11BrFN3O3/c12-6-3-5(1-2-7(6)13)4-8(17)16-9(10(14)18)11(15)19/h1-3,9H,4H2,(H2,14,18)(H2,15,19)(H,16,17). The van der Waals surface area contributed by atoms with Gasteiger partial charge in [0, 0.05) is 0 Å². The smallest absolute Gasteiger partial charge is 0.249 e. The highest BCUT2D eigenvalue weighted by Crippen LogP contribution is 2.17. The summed E-state index contributed by atoms with van der Waals surface area (Å²) in [5.74, 6) is -3.17. The molecule has 0 spiro atoms. The summed E-state index contributed by atoms with van der Waals surface area (Å²) < 4.78 is 13.2. The number of benzene rings is 1. The van der Waals surface area contributed by atoms with Crippen molar-refractivity contribution in [1.29, 1.82) is 0 Å². The molecule has 0 aliphatic rings. The molecule has 1 aromatic rings. The first-order valence-electron chi connectivity index (χ1n) is 5.13. The molecule has 0 radical (unpaired) electrons. The van der Waals surface area contributed by atoms with Gasteiger partial charge in [0.25, 0.3) is 0 Å². The molecule has 0 aromatic heterocycles. The zero-order chi connectivity index (χ0) is 14.6. The second kappa shape index (κ2) is 6.28. The van der Waals surface area contributed by atoms with Crippen molar-refractivity contribution in [1.82, 2.24) is 5.32 Å². The molecule has 8 heteroatoms. The number of amides is 3. The van der Waals surface area contributed by atoms with Gasteiger partial charge >= 0.3 is 0 Å². The van der Waals surface area contributed by atoms with Gasteiger partial charge in [-0.25, -0.2) is 4.39 Å². The van der Waals surface area contributed by atoms with E-state index in [0.717, 1.165) is 0 Å². The van der Waals surface area contributed by atoms with Gasteiger partial charge in [0.05, 0.1) is 10.9 Å². The number of hydrogen-bond donors (Lipinski definition) is 3. The average Bonchev–Trinajstić information content (AvgIpc) is 2.30. The van der Waals surface area contributed by atoms with Gasteiger partial charge in [0.1, 0.15) is 5.82 Å². The first-order chi connectivity index (χ1) is 8.81. The largest absolute Gasteiger partial charge is 0.367 e. The first kappa shape index (κ1) is 15.1. The number of halogens is 2. The van der Waals surface area contributed by atoms with Gasteiger partial charge in [-0.3, -0.25) is 14.4 Å². The van der Waals surface area contributed by atoms with E-state index in [-0.39, 0.29) is 10.9 Å². The molecule has 0 aliphatic heterocycles. The second-order valence-electron chi connectivity index (χ2n) is 3.73. The topological polar surface area (TPSA) is 115 Å². The van der Waals surface area contributed by atoms with Crippen LogP contribution in [0.5, 0.6) is 0 Å². The number of carbonyl (C=O) groups is 3. The van der Waals surface area contributed by atoms with Crippen molar-refractivity contribution in [3.8, 4) is 0 Å². The number of rotatable bonds is 5. The van der Waals surface area contributed by atoms with Crippen molar-refractivity contribution in [2.45, 2.75) is 12.5 Å². The maximum Gasteiger partial charge on any atom is 0.249 e. The fourth-order valence-corrected chi connectivity index (χ4v) is 1.76. The van der Waals surface area contributed by atoms with Crippen LogP contribution in [0.15, 0.2) is 22.7 Å². The average molecular weight is 332 g/mol. The van der Waals surface area contributed by atoms with Crippen LogP contribution in [0, 0.1) is 5.82 Å². The molecule has 0 heterocycles. The van der Waals surface area contributed by atoms with Crippen LogP contribution in [0.25, 0.3) is 0 Å². The second-order valence-corrected chi connectivity index (χ2v) is 4.58. The molecule has 5 N–H and O–H groups in total. The predicted octanol–water partition coefficient (Wildman–Crippen LogP) is -0.414. The Morgan fingerprint density at radius 3 is 2.32 bits per heavy atom. The molecule has 0 fully saturated rings. The summed E-state index contributed by atoms with van der Waals surface area (Å²) >= 11 is 2.98. The Morgan fingerprint density at radius 2 is 1.84 bits per heavy atom. The Kier molecular flexibility index (Phi) is 4.99. The Bertz CT molecular complexity index is 522. The van der Waals surface area contributed by atoms with Crippen LogP contribution in [-0.2, 0) is 20.8 Å². The lowest BCUT2D eigenvalue weighted by atomic mass is 10.1. The Morgan fingerprint density at radius 1 is 1.26 bits per heavy atom. The molecule has 0 bridgehead atoms. The van der Waals surface area contributed by atoms with Gasteiger partial charge in [-0.2, -0.15) is 0 Å². The summed E-state index contributed by atoms with van der Waals surface area (Å²) in [4.78, 5) is 33.3. The van der Waals surface area contributed by atoms with Crippen molar-refractivity contribution < 1.29 is 18.8 Å². The number of nitrogens with one attached hydrogen (secondary N) is 1. The van der Waals surface area contributed by atoms with Crippen molar-refractivity contribution >= 4 is 33.7 Å². The Balaban J connectivity index is 2.71. The van der Waals surface area contributed by atoms with Gasteiger partial charge < -0.3 is 16.8 Å². The minimum atomic E-state index is -1.56. The number of hydrogen-bond acceptors (Lipinski definition) is 3. The van der Waals surface area contributed by atoms with Crippen molar-refractivity contribution in [3.05, 3.63) is 34.1 Å². The fourth-order valence-electron chi connectivity index (χ4n) is 1.33. The predicted molar refractivity (Wildman–Crippen MR) is 68.1 cm³/mol. The highest BCUT2D eigenvalue weighted by atomic mass is 79.9. The van der Waals surface area contributed by atoms with Crippen LogP contribution in [0.3, 0.4) is 0 Å². The zero-order valence-electron chi connectivity index (χ0n) is 9.65. The minimum absolute atomic E-state index is 0.143.